The molecule has 0 amide bonds. The molecule has 0 fully saturated rings. The van der Waals surface area contributed by atoms with Crippen molar-refractivity contribution in [3.8, 4) is 17.2 Å². The van der Waals surface area contributed by atoms with Crippen molar-refractivity contribution in [1.29, 1.82) is 0 Å². The number of ether oxygens (including phenoxy) is 3. The molecule has 2 aromatic rings. The summed E-state index contributed by atoms with van der Waals surface area (Å²) in [6, 6.07) is 10.6. The number of Topliss-reactive ketones (excluding diaryl/α,β-unsaturated/α-hetero) is 1. The van der Waals surface area contributed by atoms with Crippen molar-refractivity contribution < 1.29 is 23.9 Å². The highest BCUT2D eigenvalue weighted by Gasteiger charge is 2.20. The first kappa shape index (κ1) is 17.3. The predicted molar refractivity (Wildman–Crippen MR) is 87.1 cm³/mol. The van der Waals surface area contributed by atoms with Gasteiger partial charge in [-0.1, -0.05) is 0 Å². The third kappa shape index (κ3) is 3.81. The Bertz CT molecular complexity index is 741. The molecule has 0 aromatic heterocycles. The van der Waals surface area contributed by atoms with Crippen LogP contribution in [0.2, 0.25) is 0 Å². The van der Waals surface area contributed by atoms with Gasteiger partial charge in [0.2, 0.25) is 5.78 Å². The van der Waals surface area contributed by atoms with E-state index in [0.717, 1.165) is 0 Å². The van der Waals surface area contributed by atoms with Crippen molar-refractivity contribution in [3.63, 3.8) is 0 Å². The Labute approximate surface area is 138 Å². The number of nitro groups is 1. The van der Waals surface area contributed by atoms with Gasteiger partial charge in [-0.2, -0.15) is 0 Å². The van der Waals surface area contributed by atoms with E-state index in [-0.39, 0.29) is 17.2 Å². The molecule has 1 atom stereocenters. The zero-order valence-electron chi connectivity index (χ0n) is 13.5. The third-order valence-corrected chi connectivity index (χ3v) is 3.41. The SMILES string of the molecule is COc1ccc(C(=O)[C@H](C)Oc2cc([N+](=O)[O-])ccc2OC)cc1. The number of carbonyl (C=O) groups is 1. The maximum absolute atomic E-state index is 12.4. The fourth-order valence-electron chi connectivity index (χ4n) is 2.11. The van der Waals surface area contributed by atoms with Gasteiger partial charge in [0.15, 0.2) is 17.6 Å². The van der Waals surface area contributed by atoms with Gasteiger partial charge in [0, 0.05) is 11.6 Å². The lowest BCUT2D eigenvalue weighted by Gasteiger charge is -2.16. The van der Waals surface area contributed by atoms with Gasteiger partial charge in [0.25, 0.3) is 5.69 Å². The Morgan fingerprint density at radius 1 is 1.04 bits per heavy atom. The van der Waals surface area contributed by atoms with Crippen LogP contribution in [-0.4, -0.2) is 31.0 Å². The Hall–Kier alpha value is -3.09. The molecule has 2 aromatic carbocycles. The second-order valence-electron chi connectivity index (χ2n) is 4.95. The van der Waals surface area contributed by atoms with Crippen molar-refractivity contribution in [3.05, 3.63) is 58.1 Å². The molecule has 0 spiro atoms. The van der Waals surface area contributed by atoms with E-state index in [1.165, 1.54) is 32.4 Å². The molecule has 0 bridgehead atoms. The topological polar surface area (TPSA) is 87.9 Å². The lowest BCUT2D eigenvalue weighted by atomic mass is 10.1. The average Bonchev–Trinajstić information content (AvgIpc) is 2.60. The molecule has 24 heavy (non-hydrogen) atoms. The molecule has 0 radical (unpaired) electrons. The van der Waals surface area contributed by atoms with E-state index >= 15 is 0 Å². The smallest absolute Gasteiger partial charge is 0.273 e. The lowest BCUT2D eigenvalue weighted by molar-refractivity contribution is -0.385. The number of benzene rings is 2. The van der Waals surface area contributed by atoms with Gasteiger partial charge in [-0.3, -0.25) is 14.9 Å². The summed E-state index contributed by atoms with van der Waals surface area (Å²) in [5, 5.41) is 10.9. The molecule has 0 N–H and O–H groups in total. The number of methoxy groups -OCH3 is 2. The molecule has 2 rings (SSSR count). The van der Waals surface area contributed by atoms with Gasteiger partial charge < -0.3 is 14.2 Å². The number of ketones is 1. The second-order valence-corrected chi connectivity index (χ2v) is 4.95. The summed E-state index contributed by atoms with van der Waals surface area (Å²) < 4.78 is 15.8. The highest BCUT2D eigenvalue weighted by Crippen LogP contribution is 2.32. The standard InChI is InChI=1S/C17H17NO6/c1-11(17(19)12-4-7-14(22-2)8-5-12)24-16-10-13(18(20)21)6-9-15(16)23-3/h4-11H,1-3H3/t11-/m0/s1. The fraction of sp³-hybridized carbons (Fsp3) is 0.235. The highest BCUT2D eigenvalue weighted by atomic mass is 16.6. The number of nitro benzene ring substituents is 1. The van der Waals surface area contributed by atoms with Gasteiger partial charge >= 0.3 is 0 Å². The Morgan fingerprint density at radius 3 is 2.25 bits per heavy atom. The second kappa shape index (κ2) is 7.45. The van der Waals surface area contributed by atoms with Gasteiger partial charge in [-0.25, -0.2) is 0 Å². The maximum Gasteiger partial charge on any atom is 0.273 e. The molecule has 0 aliphatic heterocycles. The highest BCUT2D eigenvalue weighted by molar-refractivity contribution is 5.99. The van der Waals surface area contributed by atoms with E-state index in [2.05, 4.69) is 0 Å². The lowest BCUT2D eigenvalue weighted by Crippen LogP contribution is -2.24. The van der Waals surface area contributed by atoms with E-state index in [9.17, 15) is 14.9 Å². The van der Waals surface area contributed by atoms with Crippen molar-refractivity contribution in [2.75, 3.05) is 14.2 Å². The van der Waals surface area contributed by atoms with Gasteiger partial charge in [0.1, 0.15) is 5.75 Å². The Kier molecular flexibility index (Phi) is 5.36. The Balaban J connectivity index is 2.21. The maximum atomic E-state index is 12.4. The van der Waals surface area contributed by atoms with Crippen LogP contribution in [-0.2, 0) is 0 Å². The van der Waals surface area contributed by atoms with Crippen molar-refractivity contribution in [1.82, 2.24) is 0 Å². The van der Waals surface area contributed by atoms with Crippen LogP contribution in [0.15, 0.2) is 42.5 Å². The first-order chi connectivity index (χ1) is 11.5. The van der Waals surface area contributed by atoms with Crippen LogP contribution < -0.4 is 14.2 Å². The molecule has 7 heteroatoms. The largest absolute Gasteiger partial charge is 0.497 e. The van der Waals surface area contributed by atoms with Crippen molar-refractivity contribution in [2.24, 2.45) is 0 Å². The van der Waals surface area contributed by atoms with Crippen LogP contribution in [0.1, 0.15) is 17.3 Å². The molecule has 0 heterocycles. The molecule has 0 saturated heterocycles. The molecule has 0 saturated carbocycles. The van der Waals surface area contributed by atoms with Crippen LogP contribution in [0.25, 0.3) is 0 Å². The first-order valence-electron chi connectivity index (χ1n) is 7.13. The third-order valence-electron chi connectivity index (χ3n) is 3.41. The van der Waals surface area contributed by atoms with E-state index < -0.39 is 11.0 Å². The minimum Gasteiger partial charge on any atom is -0.497 e. The molecule has 7 nitrogen and oxygen atoms in total. The van der Waals surface area contributed by atoms with Crippen LogP contribution in [0, 0.1) is 10.1 Å². The van der Waals surface area contributed by atoms with Gasteiger partial charge in [0.05, 0.1) is 25.2 Å². The van der Waals surface area contributed by atoms with Crippen LogP contribution in [0.3, 0.4) is 0 Å². The fourth-order valence-corrected chi connectivity index (χ4v) is 2.11. The number of rotatable bonds is 7. The van der Waals surface area contributed by atoms with Crippen LogP contribution >= 0.6 is 0 Å². The van der Waals surface area contributed by atoms with E-state index in [1.807, 2.05) is 0 Å². The van der Waals surface area contributed by atoms with Gasteiger partial charge in [-0.15, -0.1) is 0 Å². The van der Waals surface area contributed by atoms with E-state index in [0.29, 0.717) is 17.1 Å². The monoisotopic (exact) mass is 331 g/mol. The van der Waals surface area contributed by atoms with Crippen molar-refractivity contribution >= 4 is 11.5 Å². The molecular weight excluding hydrogens is 314 g/mol. The molecule has 126 valence electrons. The summed E-state index contributed by atoms with van der Waals surface area (Å²) in [6.45, 7) is 1.57. The summed E-state index contributed by atoms with van der Waals surface area (Å²) in [5.74, 6) is 0.836. The van der Waals surface area contributed by atoms with Crippen molar-refractivity contribution in [2.45, 2.75) is 13.0 Å². The summed E-state index contributed by atoms with van der Waals surface area (Å²) >= 11 is 0. The number of hydrogen-bond acceptors (Lipinski definition) is 6. The summed E-state index contributed by atoms with van der Waals surface area (Å²) in [5.41, 5.74) is 0.308. The van der Waals surface area contributed by atoms with Crippen LogP contribution in [0.4, 0.5) is 5.69 Å². The normalized spacial score (nSPS) is 11.5. The van der Waals surface area contributed by atoms with E-state index in [4.69, 9.17) is 14.2 Å². The number of nitrogens with zero attached hydrogens (tertiary/aromatic N) is 1. The minimum atomic E-state index is -0.839. The Morgan fingerprint density at radius 2 is 1.71 bits per heavy atom. The summed E-state index contributed by atoms with van der Waals surface area (Å²) in [7, 11) is 2.96. The number of non-ortho nitro benzene ring substituents is 1. The zero-order valence-corrected chi connectivity index (χ0v) is 13.5. The number of carbonyl (C=O) groups excluding carboxylic acids is 1. The molecule has 0 aliphatic rings. The minimum absolute atomic E-state index is 0.140. The first-order valence-corrected chi connectivity index (χ1v) is 7.13. The predicted octanol–water partition coefficient (Wildman–Crippen LogP) is 3.26. The van der Waals surface area contributed by atoms with Gasteiger partial charge in [-0.05, 0) is 37.3 Å². The molecular formula is C17H17NO6. The van der Waals surface area contributed by atoms with E-state index in [1.54, 1.807) is 31.2 Å². The average molecular weight is 331 g/mol. The van der Waals surface area contributed by atoms with Crippen LogP contribution in [0.5, 0.6) is 17.2 Å². The number of hydrogen-bond donors (Lipinski definition) is 0. The summed E-state index contributed by atoms with van der Waals surface area (Å²) in [6.07, 6.45) is -0.839. The zero-order chi connectivity index (χ0) is 17.7. The molecule has 0 aliphatic carbocycles. The summed E-state index contributed by atoms with van der Waals surface area (Å²) in [4.78, 5) is 22.8. The quantitative estimate of drug-likeness (QED) is 0.439. The molecule has 0 unspecified atom stereocenters.